The van der Waals surface area contributed by atoms with Gasteiger partial charge in [-0.25, -0.2) is 4.39 Å². The fourth-order valence-corrected chi connectivity index (χ4v) is 2.53. The molecule has 0 aliphatic heterocycles. The van der Waals surface area contributed by atoms with E-state index in [9.17, 15) is 9.50 Å². The molecule has 3 aromatic rings. The van der Waals surface area contributed by atoms with E-state index in [1.165, 1.54) is 12.1 Å². The Balaban J connectivity index is 1.87. The normalized spacial score (nSPS) is 12.5. The fraction of sp³-hybridized carbons (Fsp3) is 0.118. The maximum atomic E-state index is 13.0. The predicted molar refractivity (Wildman–Crippen MR) is 81.8 cm³/mol. The lowest BCUT2D eigenvalue weighted by Gasteiger charge is -2.12. The number of benzene rings is 2. The highest BCUT2D eigenvalue weighted by molar-refractivity contribution is 6.31. The number of fused-ring (bicyclic) bond motifs is 1. The standard InChI is InChI=1S/C17H13ClFNO/c18-15-9-14(19)6-5-11(15)8-17(21)13-7-12-3-1-2-4-16(12)20-10-13/h1-7,9-10,17,21H,8H2. The van der Waals surface area contributed by atoms with E-state index in [2.05, 4.69) is 4.98 Å². The zero-order valence-corrected chi connectivity index (χ0v) is 11.9. The van der Waals surface area contributed by atoms with Gasteiger partial charge < -0.3 is 5.11 Å². The van der Waals surface area contributed by atoms with Crippen LogP contribution in [-0.2, 0) is 6.42 Å². The van der Waals surface area contributed by atoms with Crippen LogP contribution in [0.15, 0.2) is 54.7 Å². The van der Waals surface area contributed by atoms with Crippen LogP contribution in [0.4, 0.5) is 4.39 Å². The lowest BCUT2D eigenvalue weighted by atomic mass is 10.0. The van der Waals surface area contributed by atoms with Gasteiger partial charge in [-0.1, -0.05) is 35.9 Å². The third-order valence-corrected chi connectivity index (χ3v) is 3.78. The second-order valence-electron chi connectivity index (χ2n) is 4.92. The molecule has 0 amide bonds. The van der Waals surface area contributed by atoms with E-state index in [1.54, 1.807) is 12.3 Å². The van der Waals surface area contributed by atoms with Crippen LogP contribution in [0.5, 0.6) is 0 Å². The van der Waals surface area contributed by atoms with Gasteiger partial charge in [0.1, 0.15) is 5.82 Å². The summed E-state index contributed by atoms with van der Waals surface area (Å²) in [7, 11) is 0. The van der Waals surface area contributed by atoms with E-state index in [4.69, 9.17) is 11.6 Å². The largest absolute Gasteiger partial charge is 0.388 e. The molecule has 2 aromatic carbocycles. The summed E-state index contributed by atoms with van der Waals surface area (Å²) in [6, 6.07) is 13.8. The first kappa shape index (κ1) is 14.0. The quantitative estimate of drug-likeness (QED) is 0.782. The number of nitrogens with zero attached hydrogens (tertiary/aromatic N) is 1. The monoisotopic (exact) mass is 301 g/mol. The van der Waals surface area contributed by atoms with Crippen molar-refractivity contribution in [1.82, 2.24) is 4.98 Å². The first-order valence-corrected chi connectivity index (χ1v) is 6.98. The van der Waals surface area contributed by atoms with E-state index >= 15 is 0 Å². The van der Waals surface area contributed by atoms with Gasteiger partial charge in [0.25, 0.3) is 0 Å². The van der Waals surface area contributed by atoms with Crippen LogP contribution in [0.1, 0.15) is 17.2 Å². The Morgan fingerprint density at radius 2 is 1.95 bits per heavy atom. The Labute approximate surface area is 126 Å². The fourth-order valence-electron chi connectivity index (χ4n) is 2.28. The third-order valence-electron chi connectivity index (χ3n) is 3.42. The number of para-hydroxylation sites is 1. The SMILES string of the molecule is OC(Cc1ccc(F)cc1Cl)c1cnc2ccccc2c1. The number of halogens is 2. The minimum absolute atomic E-state index is 0.319. The summed E-state index contributed by atoms with van der Waals surface area (Å²) in [5.41, 5.74) is 2.31. The molecule has 1 heterocycles. The smallest absolute Gasteiger partial charge is 0.124 e. The van der Waals surface area contributed by atoms with Gasteiger partial charge in [-0.3, -0.25) is 4.98 Å². The van der Waals surface area contributed by atoms with Gasteiger partial charge in [0.05, 0.1) is 11.6 Å². The molecule has 0 radical (unpaired) electrons. The van der Waals surface area contributed by atoms with Crippen LogP contribution in [0.3, 0.4) is 0 Å². The topological polar surface area (TPSA) is 33.1 Å². The minimum Gasteiger partial charge on any atom is -0.388 e. The molecule has 1 aromatic heterocycles. The van der Waals surface area contributed by atoms with Gasteiger partial charge in [0, 0.05) is 23.0 Å². The second-order valence-corrected chi connectivity index (χ2v) is 5.32. The Bertz CT molecular complexity index is 791. The van der Waals surface area contributed by atoms with E-state index in [1.807, 2.05) is 30.3 Å². The summed E-state index contributed by atoms with van der Waals surface area (Å²) in [5.74, 6) is -0.384. The molecule has 0 aliphatic rings. The lowest BCUT2D eigenvalue weighted by Crippen LogP contribution is -2.03. The van der Waals surface area contributed by atoms with Crippen molar-refractivity contribution >= 4 is 22.5 Å². The first-order chi connectivity index (χ1) is 10.1. The molecule has 0 saturated carbocycles. The molecule has 2 nitrogen and oxygen atoms in total. The van der Waals surface area contributed by atoms with Gasteiger partial charge >= 0.3 is 0 Å². The minimum atomic E-state index is -0.731. The molecule has 0 fully saturated rings. The molecule has 1 unspecified atom stereocenters. The first-order valence-electron chi connectivity index (χ1n) is 6.60. The third kappa shape index (κ3) is 3.04. The zero-order valence-electron chi connectivity index (χ0n) is 11.1. The molecule has 1 atom stereocenters. The Kier molecular flexibility index (Phi) is 3.86. The highest BCUT2D eigenvalue weighted by Crippen LogP contribution is 2.25. The Morgan fingerprint density at radius 3 is 2.76 bits per heavy atom. The summed E-state index contributed by atoms with van der Waals surface area (Å²) in [4.78, 5) is 4.33. The van der Waals surface area contributed by atoms with Crippen molar-refractivity contribution < 1.29 is 9.50 Å². The van der Waals surface area contributed by atoms with Crippen LogP contribution < -0.4 is 0 Å². The van der Waals surface area contributed by atoms with Crippen molar-refractivity contribution in [1.29, 1.82) is 0 Å². The number of hydrogen-bond donors (Lipinski definition) is 1. The Hall–Kier alpha value is -1.97. The zero-order chi connectivity index (χ0) is 14.8. The molecule has 106 valence electrons. The summed E-state index contributed by atoms with van der Waals surface area (Å²) in [6.07, 6.45) is 1.24. The number of rotatable bonds is 3. The molecule has 0 aliphatic carbocycles. The van der Waals surface area contributed by atoms with Crippen LogP contribution >= 0.6 is 11.6 Å². The van der Waals surface area contributed by atoms with Crippen LogP contribution in [0.2, 0.25) is 5.02 Å². The number of pyridine rings is 1. The van der Waals surface area contributed by atoms with E-state index in [0.29, 0.717) is 22.6 Å². The van der Waals surface area contributed by atoms with Crippen molar-refractivity contribution in [3.8, 4) is 0 Å². The van der Waals surface area contributed by atoms with Crippen LogP contribution in [0, 0.1) is 5.82 Å². The highest BCUT2D eigenvalue weighted by atomic mass is 35.5. The number of aliphatic hydroxyl groups excluding tert-OH is 1. The maximum absolute atomic E-state index is 13.0. The molecule has 21 heavy (non-hydrogen) atoms. The highest BCUT2D eigenvalue weighted by Gasteiger charge is 2.12. The van der Waals surface area contributed by atoms with Crippen LogP contribution in [-0.4, -0.2) is 10.1 Å². The molecule has 0 saturated heterocycles. The molecule has 1 N–H and O–H groups in total. The molecule has 0 spiro atoms. The van der Waals surface area contributed by atoms with E-state index in [-0.39, 0.29) is 5.82 Å². The summed E-state index contributed by atoms with van der Waals surface area (Å²) >= 11 is 5.99. The summed E-state index contributed by atoms with van der Waals surface area (Å²) < 4.78 is 13.0. The van der Waals surface area contributed by atoms with Gasteiger partial charge in [0.2, 0.25) is 0 Å². The van der Waals surface area contributed by atoms with Gasteiger partial charge in [-0.15, -0.1) is 0 Å². The van der Waals surface area contributed by atoms with Crippen molar-refractivity contribution in [2.75, 3.05) is 0 Å². The van der Waals surface area contributed by atoms with Crippen molar-refractivity contribution in [2.24, 2.45) is 0 Å². The predicted octanol–water partition coefficient (Wildman–Crippen LogP) is 4.30. The molecule has 0 bridgehead atoms. The van der Waals surface area contributed by atoms with Gasteiger partial charge in [-0.05, 0) is 35.4 Å². The molecular weight excluding hydrogens is 289 g/mol. The van der Waals surface area contributed by atoms with Crippen LogP contribution in [0.25, 0.3) is 10.9 Å². The summed E-state index contributed by atoms with van der Waals surface area (Å²) in [5, 5.41) is 11.6. The average molecular weight is 302 g/mol. The molecular formula is C17H13ClFNO. The number of aliphatic hydroxyl groups is 1. The van der Waals surface area contributed by atoms with Crippen molar-refractivity contribution in [3.05, 3.63) is 76.7 Å². The second kappa shape index (κ2) is 5.80. The van der Waals surface area contributed by atoms with E-state index < -0.39 is 6.10 Å². The van der Waals surface area contributed by atoms with Crippen molar-refractivity contribution in [3.63, 3.8) is 0 Å². The van der Waals surface area contributed by atoms with Gasteiger partial charge in [-0.2, -0.15) is 0 Å². The molecule has 4 heteroatoms. The number of aromatic nitrogens is 1. The van der Waals surface area contributed by atoms with E-state index in [0.717, 1.165) is 10.9 Å². The van der Waals surface area contributed by atoms with Crippen molar-refractivity contribution in [2.45, 2.75) is 12.5 Å². The summed E-state index contributed by atoms with van der Waals surface area (Å²) in [6.45, 7) is 0. The lowest BCUT2D eigenvalue weighted by molar-refractivity contribution is 0.178. The average Bonchev–Trinajstić information content (AvgIpc) is 2.49. The van der Waals surface area contributed by atoms with Gasteiger partial charge in [0.15, 0.2) is 0 Å². The Morgan fingerprint density at radius 1 is 1.14 bits per heavy atom. The number of hydrogen-bond acceptors (Lipinski definition) is 2. The molecule has 3 rings (SSSR count). The maximum Gasteiger partial charge on any atom is 0.124 e.